The van der Waals surface area contributed by atoms with E-state index in [1.54, 1.807) is 30.3 Å². The first-order valence-electron chi connectivity index (χ1n) is 10.9. The fourth-order valence-electron chi connectivity index (χ4n) is 3.01. The van der Waals surface area contributed by atoms with Gasteiger partial charge in [-0.05, 0) is 18.4 Å². The normalized spacial score (nSPS) is 13.9. The maximum absolute atomic E-state index is 12.7. The average Bonchev–Trinajstić information content (AvgIpc) is 2.82. The highest BCUT2D eigenvalue weighted by Gasteiger charge is 2.30. The monoisotopic (exact) mass is 510 g/mol. The number of carboxylic acid groups (broad SMARTS) is 3. The summed E-state index contributed by atoms with van der Waals surface area (Å²) in [7, 11) is 0. The molecule has 4 unspecified atom stereocenters. The van der Waals surface area contributed by atoms with E-state index in [2.05, 4.69) is 16.0 Å². The number of nitrogens with two attached hydrogens (primary N) is 1. The lowest BCUT2D eigenvalue weighted by molar-refractivity contribution is -0.142. The van der Waals surface area contributed by atoms with Gasteiger partial charge in [-0.25, -0.2) is 4.79 Å². The Labute approximate surface area is 205 Å². The van der Waals surface area contributed by atoms with Gasteiger partial charge < -0.3 is 42.1 Å². The predicted octanol–water partition coefficient (Wildman–Crippen LogP) is -2.18. The van der Waals surface area contributed by atoms with Crippen molar-refractivity contribution in [2.24, 2.45) is 5.73 Å². The molecule has 0 aromatic heterocycles. The molecule has 14 heteroatoms. The number of amides is 3. The van der Waals surface area contributed by atoms with Crippen molar-refractivity contribution in [1.82, 2.24) is 16.0 Å². The minimum Gasteiger partial charge on any atom is -0.481 e. The fraction of sp³-hybridized carbons (Fsp3) is 0.455. The van der Waals surface area contributed by atoms with E-state index in [0.29, 0.717) is 5.56 Å². The van der Waals surface area contributed by atoms with Gasteiger partial charge in [0, 0.05) is 19.3 Å². The lowest BCUT2D eigenvalue weighted by Gasteiger charge is -2.24. The number of aliphatic carboxylic acids is 3. The van der Waals surface area contributed by atoms with Crippen molar-refractivity contribution in [2.45, 2.75) is 56.3 Å². The lowest BCUT2D eigenvalue weighted by atomic mass is 10.1. The number of aliphatic hydroxyl groups excluding tert-OH is 1. The van der Waals surface area contributed by atoms with E-state index in [0.717, 1.165) is 0 Å². The van der Waals surface area contributed by atoms with Gasteiger partial charge in [-0.1, -0.05) is 30.3 Å². The number of carbonyl (C=O) groups excluding carboxylic acids is 3. The zero-order valence-corrected chi connectivity index (χ0v) is 19.3. The van der Waals surface area contributed by atoms with Gasteiger partial charge in [-0.15, -0.1) is 0 Å². The van der Waals surface area contributed by atoms with Crippen molar-refractivity contribution in [3.05, 3.63) is 35.9 Å². The summed E-state index contributed by atoms with van der Waals surface area (Å²) in [5.41, 5.74) is 6.23. The molecule has 4 atom stereocenters. The Bertz CT molecular complexity index is 940. The predicted molar refractivity (Wildman–Crippen MR) is 122 cm³/mol. The molecular formula is C22H30N4O10. The third-order valence-corrected chi connectivity index (χ3v) is 5.00. The summed E-state index contributed by atoms with van der Waals surface area (Å²) < 4.78 is 0. The van der Waals surface area contributed by atoms with Gasteiger partial charge >= 0.3 is 17.9 Å². The first-order chi connectivity index (χ1) is 16.9. The smallest absolute Gasteiger partial charge is 0.326 e. The summed E-state index contributed by atoms with van der Waals surface area (Å²) in [6.45, 7) is -0.924. The molecule has 0 saturated heterocycles. The maximum Gasteiger partial charge on any atom is 0.326 e. The van der Waals surface area contributed by atoms with E-state index in [9.17, 15) is 39.0 Å². The van der Waals surface area contributed by atoms with Gasteiger partial charge in [0.1, 0.15) is 18.1 Å². The van der Waals surface area contributed by atoms with Crippen LogP contribution in [0.25, 0.3) is 0 Å². The number of hydrogen-bond donors (Lipinski definition) is 8. The Balaban J connectivity index is 2.88. The number of hydrogen-bond acceptors (Lipinski definition) is 8. The average molecular weight is 511 g/mol. The second-order valence-electron chi connectivity index (χ2n) is 7.87. The molecule has 0 aliphatic heterocycles. The van der Waals surface area contributed by atoms with E-state index in [1.165, 1.54) is 0 Å². The van der Waals surface area contributed by atoms with Crippen LogP contribution in [0.5, 0.6) is 0 Å². The number of rotatable bonds is 16. The van der Waals surface area contributed by atoms with Crippen LogP contribution in [0.1, 0.15) is 31.2 Å². The van der Waals surface area contributed by atoms with E-state index >= 15 is 0 Å². The van der Waals surface area contributed by atoms with Crippen LogP contribution >= 0.6 is 0 Å². The molecule has 14 nitrogen and oxygen atoms in total. The fourth-order valence-corrected chi connectivity index (χ4v) is 3.01. The molecular weight excluding hydrogens is 480 g/mol. The zero-order valence-electron chi connectivity index (χ0n) is 19.3. The number of aliphatic hydroxyl groups is 1. The van der Waals surface area contributed by atoms with Gasteiger partial charge in [0.2, 0.25) is 17.7 Å². The van der Waals surface area contributed by atoms with Crippen LogP contribution < -0.4 is 21.7 Å². The standard InChI is InChI=1S/C22H30N4O10/c23-13(6-8-17(28)29)19(32)24-14(7-9-18(30)31)20(33)26-16(11-27)21(34)25-15(22(35)36)10-12-4-2-1-3-5-12/h1-5,13-16,27H,6-11,23H2,(H,24,32)(H,25,34)(H,26,33)(H,28,29)(H,30,31)(H,35,36). The molecule has 1 aromatic rings. The second kappa shape index (κ2) is 15.1. The maximum atomic E-state index is 12.7. The van der Waals surface area contributed by atoms with Crippen molar-refractivity contribution in [2.75, 3.05) is 6.61 Å². The molecule has 36 heavy (non-hydrogen) atoms. The van der Waals surface area contributed by atoms with E-state index < -0.39 is 85.7 Å². The summed E-state index contributed by atoms with van der Waals surface area (Å²) in [5.74, 6) is -6.78. The number of benzene rings is 1. The van der Waals surface area contributed by atoms with Gasteiger partial charge in [-0.2, -0.15) is 0 Å². The molecule has 0 heterocycles. The van der Waals surface area contributed by atoms with Crippen molar-refractivity contribution in [3.63, 3.8) is 0 Å². The SMILES string of the molecule is NC(CCC(=O)O)C(=O)NC(CCC(=O)O)C(=O)NC(CO)C(=O)NC(Cc1ccccc1)C(=O)O. The third-order valence-electron chi connectivity index (χ3n) is 5.00. The molecule has 0 fully saturated rings. The highest BCUT2D eigenvalue weighted by atomic mass is 16.4. The second-order valence-corrected chi connectivity index (χ2v) is 7.87. The molecule has 0 spiro atoms. The van der Waals surface area contributed by atoms with E-state index in [-0.39, 0.29) is 12.8 Å². The first-order valence-corrected chi connectivity index (χ1v) is 10.9. The van der Waals surface area contributed by atoms with Gasteiger partial charge in [0.25, 0.3) is 0 Å². The first kappa shape index (κ1) is 30.0. The molecule has 1 aromatic carbocycles. The van der Waals surface area contributed by atoms with Crippen LogP contribution in [0.2, 0.25) is 0 Å². The summed E-state index contributed by atoms with van der Waals surface area (Å²) in [5, 5.41) is 43.3. The topological polar surface area (TPSA) is 245 Å². The molecule has 0 aliphatic carbocycles. The Morgan fingerprint density at radius 1 is 0.722 bits per heavy atom. The number of carbonyl (C=O) groups is 6. The van der Waals surface area contributed by atoms with Gasteiger partial charge in [0.15, 0.2) is 0 Å². The number of nitrogens with one attached hydrogen (secondary N) is 3. The highest BCUT2D eigenvalue weighted by molar-refractivity contribution is 5.94. The van der Waals surface area contributed by atoms with Crippen LogP contribution in [0.3, 0.4) is 0 Å². The number of carboxylic acids is 3. The van der Waals surface area contributed by atoms with Crippen LogP contribution in [-0.2, 0) is 35.2 Å². The Morgan fingerprint density at radius 2 is 1.22 bits per heavy atom. The molecule has 0 radical (unpaired) electrons. The Morgan fingerprint density at radius 3 is 1.75 bits per heavy atom. The van der Waals surface area contributed by atoms with Crippen LogP contribution in [0.4, 0.5) is 0 Å². The van der Waals surface area contributed by atoms with Gasteiger partial charge in [0.05, 0.1) is 12.6 Å². The Kier molecular flexibility index (Phi) is 12.5. The van der Waals surface area contributed by atoms with E-state index in [4.69, 9.17) is 15.9 Å². The van der Waals surface area contributed by atoms with Crippen molar-refractivity contribution in [3.8, 4) is 0 Å². The summed E-state index contributed by atoms with van der Waals surface area (Å²) in [6.07, 6.45) is -1.67. The third kappa shape index (κ3) is 10.9. The summed E-state index contributed by atoms with van der Waals surface area (Å²) in [6, 6.07) is 2.65. The van der Waals surface area contributed by atoms with Crippen LogP contribution in [0.15, 0.2) is 30.3 Å². The van der Waals surface area contributed by atoms with Gasteiger partial charge in [-0.3, -0.25) is 24.0 Å². The van der Waals surface area contributed by atoms with Crippen molar-refractivity contribution in [1.29, 1.82) is 0 Å². The molecule has 198 valence electrons. The van der Waals surface area contributed by atoms with Crippen molar-refractivity contribution < 1.29 is 49.2 Å². The minimum absolute atomic E-state index is 0.0699. The molecule has 9 N–H and O–H groups in total. The lowest BCUT2D eigenvalue weighted by Crippen LogP contribution is -2.58. The van der Waals surface area contributed by atoms with E-state index in [1.807, 2.05) is 0 Å². The molecule has 0 aliphatic rings. The molecule has 1 rings (SSSR count). The molecule has 0 bridgehead atoms. The summed E-state index contributed by atoms with van der Waals surface area (Å²) in [4.78, 5) is 70.7. The zero-order chi connectivity index (χ0) is 27.3. The Hall–Kier alpha value is -4.04. The van der Waals surface area contributed by atoms with Crippen LogP contribution in [-0.4, -0.2) is 86.8 Å². The largest absolute Gasteiger partial charge is 0.481 e. The summed E-state index contributed by atoms with van der Waals surface area (Å²) >= 11 is 0. The molecule has 3 amide bonds. The quantitative estimate of drug-likeness (QED) is 0.119. The highest BCUT2D eigenvalue weighted by Crippen LogP contribution is 2.05. The van der Waals surface area contributed by atoms with Crippen LogP contribution in [0, 0.1) is 0 Å². The molecule has 0 saturated carbocycles. The minimum atomic E-state index is -1.61. The van der Waals surface area contributed by atoms with Crippen molar-refractivity contribution >= 4 is 35.6 Å².